The van der Waals surface area contributed by atoms with Crippen LogP contribution in [0.1, 0.15) is 5.56 Å². The molecule has 1 aromatic heterocycles. The molecule has 1 N–H and O–H groups in total. The van der Waals surface area contributed by atoms with Crippen LogP contribution in [0.2, 0.25) is 5.02 Å². The van der Waals surface area contributed by atoms with Crippen LogP contribution in [0.4, 0.5) is 5.13 Å². The number of nitrogens with one attached hydrogen (secondary N) is 1. The molecule has 3 nitrogen and oxygen atoms in total. The van der Waals surface area contributed by atoms with E-state index < -0.39 is 0 Å². The van der Waals surface area contributed by atoms with Crippen LogP contribution in [-0.4, -0.2) is 10.9 Å². The van der Waals surface area contributed by atoms with Crippen LogP contribution < -0.4 is 5.32 Å². The molecule has 0 saturated carbocycles. The zero-order chi connectivity index (χ0) is 16.1. The lowest BCUT2D eigenvalue weighted by Crippen LogP contribution is -2.07. The molecule has 114 valence electrons. The first kappa shape index (κ1) is 15.5. The molecule has 23 heavy (non-hydrogen) atoms. The molecular formula is C18H13ClN2OS. The van der Waals surface area contributed by atoms with Gasteiger partial charge in [-0.1, -0.05) is 54.1 Å². The average Bonchev–Trinajstić information content (AvgIpc) is 3.04. The van der Waals surface area contributed by atoms with E-state index in [0.717, 1.165) is 16.8 Å². The van der Waals surface area contributed by atoms with E-state index in [1.54, 1.807) is 18.2 Å². The van der Waals surface area contributed by atoms with E-state index >= 15 is 0 Å². The van der Waals surface area contributed by atoms with Crippen molar-refractivity contribution in [3.63, 3.8) is 0 Å². The minimum atomic E-state index is -0.214. The number of anilines is 1. The smallest absolute Gasteiger partial charge is 0.250 e. The van der Waals surface area contributed by atoms with Gasteiger partial charge in [-0.25, -0.2) is 4.98 Å². The minimum absolute atomic E-state index is 0.214. The van der Waals surface area contributed by atoms with Crippen LogP contribution >= 0.6 is 22.9 Å². The Hall–Kier alpha value is -2.43. The van der Waals surface area contributed by atoms with Crippen molar-refractivity contribution in [3.05, 3.63) is 76.6 Å². The number of amides is 1. The number of rotatable bonds is 4. The van der Waals surface area contributed by atoms with Crippen LogP contribution in [0.25, 0.3) is 17.3 Å². The van der Waals surface area contributed by atoms with Crippen LogP contribution in [0.15, 0.2) is 66.1 Å². The van der Waals surface area contributed by atoms with Crippen molar-refractivity contribution < 1.29 is 4.79 Å². The number of thiazole rings is 1. The van der Waals surface area contributed by atoms with Crippen molar-refractivity contribution in [1.82, 2.24) is 4.98 Å². The molecule has 0 aliphatic carbocycles. The molecule has 0 unspecified atom stereocenters. The molecule has 1 amide bonds. The van der Waals surface area contributed by atoms with Gasteiger partial charge in [0.1, 0.15) is 0 Å². The fraction of sp³-hybridized carbons (Fsp3) is 0. The van der Waals surface area contributed by atoms with Gasteiger partial charge in [-0.2, -0.15) is 0 Å². The number of nitrogens with zero attached hydrogens (tertiary/aromatic N) is 1. The monoisotopic (exact) mass is 340 g/mol. The lowest BCUT2D eigenvalue weighted by atomic mass is 10.2. The normalized spacial score (nSPS) is 10.8. The number of aromatic nitrogens is 1. The van der Waals surface area contributed by atoms with Gasteiger partial charge in [0.2, 0.25) is 5.91 Å². The molecule has 5 heteroatoms. The minimum Gasteiger partial charge on any atom is -0.298 e. The molecule has 0 fully saturated rings. The molecule has 3 rings (SSSR count). The van der Waals surface area contributed by atoms with Gasteiger partial charge in [0.05, 0.1) is 5.69 Å². The number of hydrogen-bond donors (Lipinski definition) is 1. The largest absolute Gasteiger partial charge is 0.298 e. The van der Waals surface area contributed by atoms with Gasteiger partial charge < -0.3 is 0 Å². The molecule has 0 radical (unpaired) electrons. The van der Waals surface area contributed by atoms with Crippen LogP contribution in [-0.2, 0) is 4.79 Å². The van der Waals surface area contributed by atoms with Crippen LogP contribution in [0.5, 0.6) is 0 Å². The van der Waals surface area contributed by atoms with E-state index in [4.69, 9.17) is 11.6 Å². The molecule has 2 aromatic carbocycles. The maximum absolute atomic E-state index is 11.9. The highest BCUT2D eigenvalue weighted by Gasteiger charge is 2.05. The van der Waals surface area contributed by atoms with Gasteiger partial charge in [0.15, 0.2) is 5.13 Å². The van der Waals surface area contributed by atoms with Gasteiger partial charge in [-0.15, -0.1) is 11.3 Å². The number of carbonyl (C=O) groups is 1. The predicted octanol–water partition coefficient (Wildman–Crippen LogP) is 5.12. The molecule has 0 aliphatic rings. The van der Waals surface area contributed by atoms with Gasteiger partial charge in [0, 0.05) is 22.0 Å². The highest BCUT2D eigenvalue weighted by Crippen LogP contribution is 2.24. The van der Waals surface area contributed by atoms with Crippen molar-refractivity contribution >= 4 is 40.1 Å². The van der Waals surface area contributed by atoms with Crippen LogP contribution in [0.3, 0.4) is 0 Å². The first-order valence-corrected chi connectivity index (χ1v) is 8.22. The molecule has 0 spiro atoms. The lowest BCUT2D eigenvalue weighted by molar-refractivity contribution is -0.111. The summed E-state index contributed by atoms with van der Waals surface area (Å²) in [5.74, 6) is -0.214. The quantitative estimate of drug-likeness (QED) is 0.670. The first-order valence-electron chi connectivity index (χ1n) is 6.96. The Bertz CT molecular complexity index is 826. The Balaban J connectivity index is 1.64. The van der Waals surface area contributed by atoms with Crippen LogP contribution in [0, 0.1) is 0 Å². The second-order valence-electron chi connectivity index (χ2n) is 4.78. The predicted molar refractivity (Wildman–Crippen MR) is 96.7 cm³/mol. The van der Waals surface area contributed by atoms with Crippen molar-refractivity contribution in [1.29, 1.82) is 0 Å². The second kappa shape index (κ2) is 7.22. The Morgan fingerprint density at radius 3 is 2.57 bits per heavy atom. The number of hydrogen-bond acceptors (Lipinski definition) is 3. The highest BCUT2D eigenvalue weighted by molar-refractivity contribution is 7.14. The molecule has 0 saturated heterocycles. The summed E-state index contributed by atoms with van der Waals surface area (Å²) in [6.07, 6.45) is 3.21. The van der Waals surface area contributed by atoms with E-state index in [-0.39, 0.29) is 5.91 Å². The summed E-state index contributed by atoms with van der Waals surface area (Å²) in [4.78, 5) is 16.4. The summed E-state index contributed by atoms with van der Waals surface area (Å²) < 4.78 is 0. The lowest BCUT2D eigenvalue weighted by Gasteiger charge is -1.97. The standard InChI is InChI=1S/C18H13ClN2OS/c19-15-9-6-13(7-10-15)8-11-17(22)21-18-20-16(12-23-18)14-4-2-1-3-5-14/h1-12H,(H,20,21,22)/b11-8+. The fourth-order valence-corrected chi connectivity index (χ4v) is 2.81. The summed E-state index contributed by atoms with van der Waals surface area (Å²) in [6, 6.07) is 17.1. The number of halogens is 1. The Morgan fingerprint density at radius 2 is 1.83 bits per heavy atom. The summed E-state index contributed by atoms with van der Waals surface area (Å²) in [5, 5.41) is 5.94. The number of carbonyl (C=O) groups excluding carboxylic acids is 1. The van der Waals surface area contributed by atoms with E-state index in [1.807, 2.05) is 47.8 Å². The summed E-state index contributed by atoms with van der Waals surface area (Å²) >= 11 is 7.23. The third kappa shape index (κ3) is 4.28. The maximum atomic E-state index is 11.9. The third-order valence-electron chi connectivity index (χ3n) is 3.10. The highest BCUT2D eigenvalue weighted by atomic mass is 35.5. The van der Waals surface area contributed by atoms with E-state index in [1.165, 1.54) is 17.4 Å². The Morgan fingerprint density at radius 1 is 1.09 bits per heavy atom. The summed E-state index contributed by atoms with van der Waals surface area (Å²) in [6.45, 7) is 0. The fourth-order valence-electron chi connectivity index (χ4n) is 1.97. The van der Waals surface area contributed by atoms with Gasteiger partial charge in [-0.3, -0.25) is 10.1 Å². The van der Waals surface area contributed by atoms with Crippen molar-refractivity contribution in [3.8, 4) is 11.3 Å². The SMILES string of the molecule is O=C(/C=C/c1ccc(Cl)cc1)Nc1nc(-c2ccccc2)cs1. The van der Waals surface area contributed by atoms with Gasteiger partial charge >= 0.3 is 0 Å². The molecule has 3 aromatic rings. The second-order valence-corrected chi connectivity index (χ2v) is 6.07. The molecular weight excluding hydrogens is 328 g/mol. The van der Waals surface area contributed by atoms with E-state index in [9.17, 15) is 4.79 Å². The Labute approximate surface area is 143 Å². The zero-order valence-electron chi connectivity index (χ0n) is 12.1. The first-order chi connectivity index (χ1) is 11.2. The maximum Gasteiger partial charge on any atom is 0.250 e. The topological polar surface area (TPSA) is 42.0 Å². The zero-order valence-corrected chi connectivity index (χ0v) is 13.6. The molecule has 0 aliphatic heterocycles. The average molecular weight is 341 g/mol. The molecule has 1 heterocycles. The van der Waals surface area contributed by atoms with E-state index in [2.05, 4.69) is 10.3 Å². The molecule has 0 atom stereocenters. The molecule has 0 bridgehead atoms. The van der Waals surface area contributed by atoms with Gasteiger partial charge in [-0.05, 0) is 23.8 Å². The third-order valence-corrected chi connectivity index (χ3v) is 4.11. The van der Waals surface area contributed by atoms with Crippen molar-refractivity contribution in [2.45, 2.75) is 0 Å². The number of benzene rings is 2. The van der Waals surface area contributed by atoms with Gasteiger partial charge in [0.25, 0.3) is 0 Å². The summed E-state index contributed by atoms with van der Waals surface area (Å²) in [7, 11) is 0. The van der Waals surface area contributed by atoms with Crippen molar-refractivity contribution in [2.75, 3.05) is 5.32 Å². The Kier molecular flexibility index (Phi) is 4.86. The summed E-state index contributed by atoms with van der Waals surface area (Å²) in [5.41, 5.74) is 2.79. The van der Waals surface area contributed by atoms with E-state index in [0.29, 0.717) is 10.2 Å². The van der Waals surface area contributed by atoms with Crippen molar-refractivity contribution in [2.24, 2.45) is 0 Å².